The first-order valence-corrected chi connectivity index (χ1v) is 11.2. The van der Waals surface area contributed by atoms with Crippen LogP contribution in [0, 0.1) is 0 Å². The summed E-state index contributed by atoms with van der Waals surface area (Å²) in [5.41, 5.74) is 4.74. The molecule has 7 heteroatoms. The third-order valence-electron chi connectivity index (χ3n) is 5.82. The van der Waals surface area contributed by atoms with E-state index in [-0.39, 0.29) is 5.91 Å². The summed E-state index contributed by atoms with van der Waals surface area (Å²) in [6.45, 7) is 1.91. The summed E-state index contributed by atoms with van der Waals surface area (Å²) >= 11 is 6.16. The Labute approximate surface area is 202 Å². The van der Waals surface area contributed by atoms with E-state index in [9.17, 15) is 4.79 Å². The summed E-state index contributed by atoms with van der Waals surface area (Å²) in [6.07, 6.45) is 0. The van der Waals surface area contributed by atoms with Crippen LogP contribution in [-0.4, -0.2) is 22.8 Å². The first kappa shape index (κ1) is 21.8. The van der Waals surface area contributed by atoms with Gasteiger partial charge in [-0.3, -0.25) is 4.79 Å². The number of halogens is 1. The number of anilines is 2. The lowest BCUT2D eigenvalue weighted by Crippen LogP contribution is -2.31. The molecule has 3 aromatic carbocycles. The van der Waals surface area contributed by atoms with Crippen molar-refractivity contribution in [2.24, 2.45) is 0 Å². The molecule has 0 saturated heterocycles. The highest BCUT2D eigenvalue weighted by Gasteiger charge is 2.33. The predicted molar refractivity (Wildman–Crippen MR) is 135 cm³/mol. The summed E-state index contributed by atoms with van der Waals surface area (Å²) in [5.74, 6) is 1.39. The number of hydrogen-bond donors (Lipinski definition) is 2. The molecule has 5 rings (SSSR count). The van der Waals surface area contributed by atoms with Crippen molar-refractivity contribution >= 4 is 29.0 Å². The fourth-order valence-electron chi connectivity index (χ4n) is 4.14. The number of carbonyl (C=O) groups is 1. The Bertz CT molecular complexity index is 1360. The van der Waals surface area contributed by atoms with E-state index in [2.05, 4.69) is 10.6 Å². The van der Waals surface area contributed by atoms with Crippen molar-refractivity contribution in [2.45, 2.75) is 13.0 Å². The Morgan fingerprint density at radius 2 is 1.74 bits per heavy atom. The Morgan fingerprint density at radius 3 is 2.41 bits per heavy atom. The summed E-state index contributed by atoms with van der Waals surface area (Å²) in [5, 5.41) is 11.9. The molecule has 34 heavy (non-hydrogen) atoms. The fraction of sp³-hybridized carbons (Fsp3) is 0.111. The second-order valence-corrected chi connectivity index (χ2v) is 8.46. The highest BCUT2D eigenvalue weighted by atomic mass is 35.5. The van der Waals surface area contributed by atoms with Crippen LogP contribution in [0.2, 0.25) is 5.02 Å². The molecule has 2 N–H and O–H groups in total. The van der Waals surface area contributed by atoms with E-state index in [1.54, 1.807) is 7.11 Å². The minimum Gasteiger partial charge on any atom is -0.497 e. The van der Waals surface area contributed by atoms with Gasteiger partial charge in [0.15, 0.2) is 0 Å². The number of benzene rings is 3. The van der Waals surface area contributed by atoms with E-state index in [0.29, 0.717) is 10.6 Å². The van der Waals surface area contributed by atoms with E-state index in [0.717, 1.165) is 39.8 Å². The maximum atomic E-state index is 13.5. The Kier molecular flexibility index (Phi) is 5.82. The number of para-hydroxylation sites is 1. The number of rotatable bonds is 5. The van der Waals surface area contributed by atoms with Gasteiger partial charge in [-0.2, -0.15) is 5.10 Å². The molecule has 4 aromatic rings. The number of fused-ring (bicyclic) bond motifs is 1. The number of carbonyl (C=O) groups excluding carboxylic acids is 1. The number of hydrogen-bond acceptors (Lipinski definition) is 4. The molecular formula is C27H23ClN4O2. The molecule has 1 aliphatic heterocycles. The second kappa shape index (κ2) is 9.08. The van der Waals surface area contributed by atoms with E-state index in [1.807, 2.05) is 96.5 Å². The number of ether oxygens (including phenoxy) is 1. The molecular weight excluding hydrogens is 448 g/mol. The standard InChI is InChI=1S/C27H23ClN4O2/c1-17-25(27(33)30-21-6-4-3-5-7-21)26(19-8-12-20(28)13-9-19)32-24(29-17)16-23(31-32)18-10-14-22(34-2)15-11-18/h3-16,26,29H,1-2H3,(H,30,33)/t26-/m0/s1. The zero-order valence-corrected chi connectivity index (χ0v) is 19.5. The molecule has 2 heterocycles. The normalized spacial score (nSPS) is 14.9. The van der Waals surface area contributed by atoms with Crippen LogP contribution < -0.4 is 15.4 Å². The number of methoxy groups -OCH3 is 1. The van der Waals surface area contributed by atoms with Crippen molar-refractivity contribution in [1.29, 1.82) is 0 Å². The molecule has 6 nitrogen and oxygen atoms in total. The van der Waals surface area contributed by atoms with Crippen LogP contribution in [0.3, 0.4) is 0 Å². The smallest absolute Gasteiger partial charge is 0.255 e. The number of aromatic nitrogens is 2. The van der Waals surface area contributed by atoms with E-state index < -0.39 is 6.04 Å². The monoisotopic (exact) mass is 470 g/mol. The summed E-state index contributed by atoms with van der Waals surface area (Å²) in [6, 6.07) is 26.2. The lowest BCUT2D eigenvalue weighted by molar-refractivity contribution is -0.113. The van der Waals surface area contributed by atoms with Crippen molar-refractivity contribution < 1.29 is 9.53 Å². The van der Waals surface area contributed by atoms with Gasteiger partial charge in [0.05, 0.1) is 18.4 Å². The van der Waals surface area contributed by atoms with Crippen molar-refractivity contribution in [3.8, 4) is 17.0 Å². The molecule has 1 aliphatic rings. The third kappa shape index (κ3) is 4.16. The Morgan fingerprint density at radius 1 is 1.03 bits per heavy atom. The van der Waals surface area contributed by atoms with Gasteiger partial charge in [-0.05, 0) is 61.0 Å². The molecule has 0 saturated carbocycles. The molecule has 0 radical (unpaired) electrons. The van der Waals surface area contributed by atoms with Crippen LogP contribution in [-0.2, 0) is 4.79 Å². The fourth-order valence-corrected chi connectivity index (χ4v) is 4.27. The van der Waals surface area contributed by atoms with Gasteiger partial charge in [-0.25, -0.2) is 4.68 Å². The zero-order chi connectivity index (χ0) is 23.7. The van der Waals surface area contributed by atoms with Gasteiger partial charge in [0.25, 0.3) is 5.91 Å². The van der Waals surface area contributed by atoms with Crippen molar-refractivity contribution in [3.05, 3.63) is 107 Å². The summed E-state index contributed by atoms with van der Waals surface area (Å²) < 4.78 is 7.13. The number of allylic oxidation sites excluding steroid dienone is 1. The maximum absolute atomic E-state index is 13.5. The largest absolute Gasteiger partial charge is 0.497 e. The number of nitrogens with zero attached hydrogens (tertiary/aromatic N) is 2. The second-order valence-electron chi connectivity index (χ2n) is 8.03. The lowest BCUT2D eigenvalue weighted by atomic mass is 9.95. The molecule has 0 fully saturated rings. The van der Waals surface area contributed by atoms with Crippen LogP contribution >= 0.6 is 11.6 Å². The van der Waals surface area contributed by atoms with Gasteiger partial charge in [-0.1, -0.05) is 41.9 Å². The van der Waals surface area contributed by atoms with E-state index in [1.165, 1.54) is 0 Å². The van der Waals surface area contributed by atoms with Gasteiger partial charge < -0.3 is 15.4 Å². The van der Waals surface area contributed by atoms with Crippen LogP contribution in [0.5, 0.6) is 5.75 Å². The number of nitrogens with one attached hydrogen (secondary N) is 2. The van der Waals surface area contributed by atoms with Crippen molar-refractivity contribution in [1.82, 2.24) is 9.78 Å². The molecule has 1 aromatic heterocycles. The van der Waals surface area contributed by atoms with Gasteiger partial charge in [0.2, 0.25) is 0 Å². The molecule has 1 amide bonds. The minimum absolute atomic E-state index is 0.191. The van der Waals surface area contributed by atoms with Gasteiger partial charge in [0.1, 0.15) is 17.6 Å². The van der Waals surface area contributed by atoms with Crippen molar-refractivity contribution in [2.75, 3.05) is 17.7 Å². The first-order valence-electron chi connectivity index (χ1n) is 10.9. The molecule has 0 unspecified atom stereocenters. The quantitative estimate of drug-likeness (QED) is 0.367. The Hall–Kier alpha value is -4.03. The number of amides is 1. The van der Waals surface area contributed by atoms with E-state index >= 15 is 0 Å². The molecule has 0 bridgehead atoms. The van der Waals surface area contributed by atoms with Gasteiger partial charge >= 0.3 is 0 Å². The third-order valence-corrected chi connectivity index (χ3v) is 6.07. The predicted octanol–water partition coefficient (Wildman–Crippen LogP) is 6.14. The van der Waals surface area contributed by atoms with Crippen LogP contribution in [0.1, 0.15) is 18.5 Å². The van der Waals surface area contributed by atoms with Crippen LogP contribution in [0.4, 0.5) is 11.5 Å². The zero-order valence-electron chi connectivity index (χ0n) is 18.7. The Balaban J connectivity index is 1.58. The molecule has 1 atom stereocenters. The van der Waals surface area contributed by atoms with Crippen LogP contribution in [0.15, 0.2) is 96.2 Å². The molecule has 170 valence electrons. The van der Waals surface area contributed by atoms with Crippen molar-refractivity contribution in [3.63, 3.8) is 0 Å². The maximum Gasteiger partial charge on any atom is 0.255 e. The van der Waals surface area contributed by atoms with Gasteiger partial charge in [0, 0.05) is 28.0 Å². The van der Waals surface area contributed by atoms with Crippen LogP contribution in [0.25, 0.3) is 11.3 Å². The van der Waals surface area contributed by atoms with Gasteiger partial charge in [-0.15, -0.1) is 0 Å². The van der Waals surface area contributed by atoms with E-state index in [4.69, 9.17) is 21.4 Å². The molecule has 0 aliphatic carbocycles. The highest BCUT2D eigenvalue weighted by Crippen LogP contribution is 2.38. The average molecular weight is 471 g/mol. The average Bonchev–Trinajstić information content (AvgIpc) is 3.28. The topological polar surface area (TPSA) is 68.2 Å². The SMILES string of the molecule is COc1ccc(-c2cc3n(n2)[C@@H](c2ccc(Cl)cc2)C(C(=O)Nc2ccccc2)=C(C)N3)cc1. The lowest BCUT2D eigenvalue weighted by Gasteiger charge is -2.29. The summed E-state index contributed by atoms with van der Waals surface area (Å²) in [7, 11) is 1.64. The first-order chi connectivity index (χ1) is 16.5. The summed E-state index contributed by atoms with van der Waals surface area (Å²) in [4.78, 5) is 13.5. The molecule has 0 spiro atoms. The minimum atomic E-state index is -0.427. The highest BCUT2D eigenvalue weighted by molar-refractivity contribution is 6.30.